The highest BCUT2D eigenvalue weighted by atomic mass is 32.1. The molecule has 0 aromatic carbocycles. The zero-order valence-corrected chi connectivity index (χ0v) is 17.9. The first kappa shape index (κ1) is 19.3. The fourth-order valence-electron chi connectivity index (χ4n) is 3.71. The van der Waals surface area contributed by atoms with Gasteiger partial charge >= 0.3 is 6.09 Å². The van der Waals surface area contributed by atoms with E-state index in [4.69, 9.17) is 14.5 Å². The molecule has 5 rings (SSSR count). The van der Waals surface area contributed by atoms with E-state index in [-0.39, 0.29) is 12.2 Å². The largest absolute Gasteiger partial charge is 0.441 e. The second kappa shape index (κ2) is 7.88. The highest BCUT2D eigenvalue weighted by Gasteiger charge is 2.28. The van der Waals surface area contributed by atoms with Crippen LogP contribution < -0.4 is 4.90 Å². The molecule has 0 bridgehead atoms. The minimum Gasteiger partial charge on any atom is -0.441 e. The number of ether oxygens (including phenoxy) is 2. The number of pyridine rings is 1. The Balaban J connectivity index is 1.32. The summed E-state index contributed by atoms with van der Waals surface area (Å²) < 4.78 is 10.5. The van der Waals surface area contributed by atoms with Gasteiger partial charge in [-0.25, -0.2) is 14.8 Å². The van der Waals surface area contributed by atoms with E-state index >= 15 is 0 Å². The van der Waals surface area contributed by atoms with E-state index in [0.717, 1.165) is 46.2 Å². The summed E-state index contributed by atoms with van der Waals surface area (Å²) in [7, 11) is 0. The molecule has 30 heavy (non-hydrogen) atoms. The van der Waals surface area contributed by atoms with E-state index in [1.165, 1.54) is 0 Å². The second-order valence-corrected chi connectivity index (χ2v) is 8.88. The van der Waals surface area contributed by atoms with Gasteiger partial charge < -0.3 is 24.3 Å². The van der Waals surface area contributed by atoms with E-state index in [0.29, 0.717) is 32.2 Å². The third kappa shape index (κ3) is 3.63. The summed E-state index contributed by atoms with van der Waals surface area (Å²) in [6.07, 6.45) is 1.50. The van der Waals surface area contributed by atoms with Crippen molar-refractivity contribution in [2.24, 2.45) is 0 Å². The van der Waals surface area contributed by atoms with E-state index in [1.54, 1.807) is 16.2 Å². The molecule has 0 aliphatic carbocycles. The number of thiazole rings is 1. The van der Waals surface area contributed by atoms with Crippen LogP contribution in [-0.4, -0.2) is 71.4 Å². The molecule has 0 atom stereocenters. The van der Waals surface area contributed by atoms with Crippen LogP contribution in [0.1, 0.15) is 25.5 Å². The maximum Gasteiger partial charge on any atom is 0.410 e. The number of aromatic amines is 1. The standard InChI is InChI=1S/C21H25N5O3S/c1-13(2)17-12-30-20(24-17)16-9-15-18(3-4-22-19(15)23-16)25-5-7-26(8-6-25)21(27)29-14-10-28-11-14/h3-4,9,12-14H,5-8,10-11H2,1-2H3,(H,22,23). The first-order valence-corrected chi connectivity index (χ1v) is 11.2. The fraction of sp³-hybridized carbons (Fsp3) is 0.476. The number of H-pyrrole nitrogens is 1. The first-order valence-electron chi connectivity index (χ1n) is 10.3. The van der Waals surface area contributed by atoms with Crippen LogP contribution in [0, 0.1) is 0 Å². The summed E-state index contributed by atoms with van der Waals surface area (Å²) in [6, 6.07) is 4.18. The van der Waals surface area contributed by atoms with Gasteiger partial charge in [0.15, 0.2) is 6.10 Å². The van der Waals surface area contributed by atoms with Crippen molar-refractivity contribution in [2.45, 2.75) is 25.9 Å². The van der Waals surface area contributed by atoms with Crippen LogP contribution in [0.5, 0.6) is 0 Å². The summed E-state index contributed by atoms with van der Waals surface area (Å²) in [5.41, 5.74) is 4.09. The molecule has 5 heterocycles. The fourth-order valence-corrected chi connectivity index (χ4v) is 4.66. The molecular weight excluding hydrogens is 402 g/mol. The highest BCUT2D eigenvalue weighted by molar-refractivity contribution is 7.13. The quantitative estimate of drug-likeness (QED) is 0.686. The summed E-state index contributed by atoms with van der Waals surface area (Å²) in [6.45, 7) is 8.10. The smallest absolute Gasteiger partial charge is 0.410 e. The molecule has 2 aliphatic rings. The SMILES string of the molecule is CC(C)c1csc(-c2cc3c(N4CCN(C(=O)OC5COC5)CC4)ccnc3[nH]2)n1. The number of hydrogen-bond acceptors (Lipinski definition) is 7. The molecule has 0 radical (unpaired) electrons. The van der Waals surface area contributed by atoms with Crippen LogP contribution in [0.3, 0.4) is 0 Å². The number of nitrogens with one attached hydrogen (secondary N) is 1. The molecule has 3 aromatic heterocycles. The molecule has 158 valence electrons. The highest BCUT2D eigenvalue weighted by Crippen LogP contribution is 2.33. The molecular formula is C21H25N5O3S. The van der Waals surface area contributed by atoms with Gasteiger partial charge in [0.1, 0.15) is 10.7 Å². The summed E-state index contributed by atoms with van der Waals surface area (Å²) in [5, 5.41) is 4.18. The van der Waals surface area contributed by atoms with Crippen molar-refractivity contribution in [2.75, 3.05) is 44.3 Å². The Hall–Kier alpha value is -2.65. The van der Waals surface area contributed by atoms with E-state index in [9.17, 15) is 4.79 Å². The Morgan fingerprint density at radius 1 is 1.30 bits per heavy atom. The number of piperazine rings is 1. The minimum absolute atomic E-state index is 0.0873. The zero-order valence-electron chi connectivity index (χ0n) is 17.1. The molecule has 8 nitrogen and oxygen atoms in total. The zero-order chi connectivity index (χ0) is 20.7. The third-order valence-corrected chi connectivity index (χ3v) is 6.50. The first-order chi connectivity index (χ1) is 14.6. The third-order valence-electron chi connectivity index (χ3n) is 5.61. The maximum absolute atomic E-state index is 12.3. The van der Waals surface area contributed by atoms with Gasteiger partial charge in [-0.05, 0) is 18.1 Å². The maximum atomic E-state index is 12.3. The van der Waals surface area contributed by atoms with Crippen LogP contribution >= 0.6 is 11.3 Å². The molecule has 1 amide bonds. The number of rotatable bonds is 4. The molecule has 0 saturated carbocycles. The molecule has 2 aliphatic heterocycles. The van der Waals surface area contributed by atoms with Crippen molar-refractivity contribution < 1.29 is 14.3 Å². The van der Waals surface area contributed by atoms with Gasteiger partial charge in [-0.3, -0.25) is 0 Å². The lowest BCUT2D eigenvalue weighted by Gasteiger charge is -2.37. The molecule has 0 unspecified atom stereocenters. The lowest BCUT2D eigenvalue weighted by Crippen LogP contribution is -2.51. The number of nitrogens with zero attached hydrogens (tertiary/aromatic N) is 4. The van der Waals surface area contributed by atoms with E-state index in [1.807, 2.05) is 12.3 Å². The molecule has 3 aromatic rings. The van der Waals surface area contributed by atoms with Gasteiger partial charge in [0.05, 0.1) is 24.6 Å². The van der Waals surface area contributed by atoms with Gasteiger partial charge in [-0.15, -0.1) is 11.3 Å². The van der Waals surface area contributed by atoms with Gasteiger partial charge in [0.25, 0.3) is 0 Å². The molecule has 0 spiro atoms. The van der Waals surface area contributed by atoms with Crippen LogP contribution in [0.25, 0.3) is 21.7 Å². The van der Waals surface area contributed by atoms with Crippen LogP contribution in [0.4, 0.5) is 10.5 Å². The van der Waals surface area contributed by atoms with Crippen molar-refractivity contribution >= 4 is 34.2 Å². The Kier molecular flexibility index (Phi) is 5.08. The van der Waals surface area contributed by atoms with Crippen LogP contribution in [0.15, 0.2) is 23.7 Å². The summed E-state index contributed by atoms with van der Waals surface area (Å²) in [5.74, 6) is 0.410. The summed E-state index contributed by atoms with van der Waals surface area (Å²) in [4.78, 5) is 29.1. The summed E-state index contributed by atoms with van der Waals surface area (Å²) >= 11 is 1.65. The molecule has 2 fully saturated rings. The van der Waals surface area contributed by atoms with Crippen molar-refractivity contribution in [3.63, 3.8) is 0 Å². The molecule has 2 saturated heterocycles. The Morgan fingerprint density at radius 2 is 2.10 bits per heavy atom. The number of hydrogen-bond donors (Lipinski definition) is 1. The van der Waals surface area contributed by atoms with Gasteiger partial charge in [-0.2, -0.15) is 0 Å². The number of aromatic nitrogens is 3. The Bertz CT molecular complexity index is 1050. The monoisotopic (exact) mass is 427 g/mol. The predicted molar refractivity (Wildman–Crippen MR) is 116 cm³/mol. The normalized spacial score (nSPS) is 17.6. The number of carbonyl (C=O) groups is 1. The number of anilines is 1. The number of carbonyl (C=O) groups excluding carboxylic acids is 1. The average molecular weight is 428 g/mol. The minimum atomic E-state index is -0.239. The Labute approximate surface area is 178 Å². The van der Waals surface area contributed by atoms with Crippen LogP contribution in [0.2, 0.25) is 0 Å². The van der Waals surface area contributed by atoms with Gasteiger partial charge in [0, 0.05) is 48.8 Å². The molecule has 9 heteroatoms. The van der Waals surface area contributed by atoms with Crippen molar-refractivity contribution in [3.05, 3.63) is 29.4 Å². The van der Waals surface area contributed by atoms with Crippen molar-refractivity contribution in [1.82, 2.24) is 19.9 Å². The van der Waals surface area contributed by atoms with E-state index in [2.05, 4.69) is 40.2 Å². The molecule has 1 N–H and O–H groups in total. The van der Waals surface area contributed by atoms with Crippen LogP contribution in [-0.2, 0) is 9.47 Å². The van der Waals surface area contributed by atoms with E-state index < -0.39 is 0 Å². The lowest BCUT2D eigenvalue weighted by molar-refractivity contribution is -0.104. The lowest BCUT2D eigenvalue weighted by atomic mass is 10.2. The van der Waals surface area contributed by atoms with Crippen molar-refractivity contribution in [1.29, 1.82) is 0 Å². The van der Waals surface area contributed by atoms with Gasteiger partial charge in [-0.1, -0.05) is 13.8 Å². The Morgan fingerprint density at radius 3 is 2.77 bits per heavy atom. The topological polar surface area (TPSA) is 83.6 Å². The number of fused-ring (bicyclic) bond motifs is 1. The van der Waals surface area contributed by atoms with Gasteiger partial charge in [0.2, 0.25) is 0 Å². The average Bonchev–Trinajstić information content (AvgIpc) is 3.37. The van der Waals surface area contributed by atoms with Crippen molar-refractivity contribution in [3.8, 4) is 10.7 Å². The predicted octanol–water partition coefficient (Wildman–Crippen LogP) is 3.47. The second-order valence-electron chi connectivity index (χ2n) is 8.02. The number of amides is 1.